The zero-order chi connectivity index (χ0) is 19.3. The third-order valence-corrected chi connectivity index (χ3v) is 7.38. The molecule has 1 aliphatic heterocycles. The van der Waals surface area contributed by atoms with Crippen LogP contribution in [0.1, 0.15) is 28.8 Å². The van der Waals surface area contributed by atoms with Gasteiger partial charge in [-0.15, -0.1) is 11.3 Å². The second-order valence-corrected chi connectivity index (χ2v) is 9.46. The topological polar surface area (TPSA) is 36.4 Å². The zero-order valence-corrected chi connectivity index (χ0v) is 17.8. The number of aromatic nitrogens is 1. The van der Waals surface area contributed by atoms with Crippen LogP contribution in [0.25, 0.3) is 10.2 Å². The van der Waals surface area contributed by atoms with Crippen molar-refractivity contribution in [1.82, 2.24) is 14.8 Å². The lowest BCUT2D eigenvalue weighted by molar-refractivity contribution is 0.0782. The molecule has 0 unspecified atom stereocenters. The van der Waals surface area contributed by atoms with Gasteiger partial charge in [0.2, 0.25) is 0 Å². The molecule has 0 saturated carbocycles. The Morgan fingerprint density at radius 2 is 1.89 bits per heavy atom. The number of carbonyl (C=O) groups is 1. The lowest BCUT2D eigenvalue weighted by Gasteiger charge is -2.21. The van der Waals surface area contributed by atoms with E-state index in [0.29, 0.717) is 0 Å². The molecule has 1 aromatic heterocycles. The summed E-state index contributed by atoms with van der Waals surface area (Å²) in [7, 11) is 1.90. The molecule has 2 heterocycles. The molecule has 1 aliphatic rings. The van der Waals surface area contributed by atoms with Gasteiger partial charge >= 0.3 is 0 Å². The maximum Gasteiger partial charge on any atom is 0.253 e. The Labute approximate surface area is 174 Å². The first kappa shape index (κ1) is 19.4. The Hall–Kier alpha value is -1.89. The van der Waals surface area contributed by atoms with Gasteiger partial charge in [-0.25, -0.2) is 4.98 Å². The SMILES string of the molecule is CN(CCN1CCCC1)C(=O)c1ccc(CSc2nc3ccccc3s2)cc1. The van der Waals surface area contributed by atoms with Gasteiger partial charge in [0.05, 0.1) is 10.2 Å². The molecule has 0 bridgehead atoms. The van der Waals surface area contributed by atoms with Crippen LogP contribution in [0, 0.1) is 0 Å². The van der Waals surface area contributed by atoms with Crippen LogP contribution < -0.4 is 0 Å². The highest BCUT2D eigenvalue weighted by atomic mass is 32.2. The fraction of sp³-hybridized carbons (Fsp3) is 0.364. The average Bonchev–Trinajstić information content (AvgIpc) is 3.39. The van der Waals surface area contributed by atoms with Gasteiger partial charge in [0.1, 0.15) is 0 Å². The van der Waals surface area contributed by atoms with Gasteiger partial charge in [-0.2, -0.15) is 0 Å². The summed E-state index contributed by atoms with van der Waals surface area (Å²) in [6, 6.07) is 16.2. The Morgan fingerprint density at radius 1 is 1.14 bits per heavy atom. The number of para-hydroxylation sites is 1. The Kier molecular flexibility index (Phi) is 6.29. The second kappa shape index (κ2) is 9.07. The number of hydrogen-bond acceptors (Lipinski definition) is 5. The fourth-order valence-corrected chi connectivity index (χ4v) is 5.45. The Balaban J connectivity index is 1.30. The largest absolute Gasteiger partial charge is 0.340 e. The van der Waals surface area contributed by atoms with Crippen molar-refractivity contribution in [2.24, 2.45) is 0 Å². The molecular weight excluding hydrogens is 386 g/mol. The third kappa shape index (κ3) is 4.74. The number of nitrogens with zero attached hydrogens (tertiary/aromatic N) is 3. The quantitative estimate of drug-likeness (QED) is 0.526. The van der Waals surface area contributed by atoms with Gasteiger partial charge in [0.25, 0.3) is 5.91 Å². The van der Waals surface area contributed by atoms with E-state index in [9.17, 15) is 4.79 Å². The van der Waals surface area contributed by atoms with Crippen LogP contribution in [-0.2, 0) is 5.75 Å². The molecule has 1 saturated heterocycles. The monoisotopic (exact) mass is 411 g/mol. The van der Waals surface area contributed by atoms with Gasteiger partial charge in [-0.3, -0.25) is 4.79 Å². The summed E-state index contributed by atoms with van der Waals surface area (Å²) in [5.74, 6) is 0.962. The number of carbonyl (C=O) groups excluding carboxylic acids is 1. The molecule has 146 valence electrons. The first-order chi connectivity index (χ1) is 13.7. The molecule has 3 aromatic rings. The minimum atomic E-state index is 0.101. The molecule has 0 atom stereocenters. The smallest absolute Gasteiger partial charge is 0.253 e. The molecule has 28 heavy (non-hydrogen) atoms. The number of rotatable bonds is 7. The van der Waals surface area contributed by atoms with Crippen LogP contribution >= 0.6 is 23.1 Å². The summed E-state index contributed by atoms with van der Waals surface area (Å²) >= 11 is 3.48. The zero-order valence-electron chi connectivity index (χ0n) is 16.1. The second-order valence-electron chi connectivity index (χ2n) is 7.21. The highest BCUT2D eigenvalue weighted by Gasteiger charge is 2.15. The molecule has 1 fully saturated rings. The number of benzene rings is 2. The standard InChI is InChI=1S/C22H25N3OS2/c1-24(14-15-25-12-4-5-13-25)21(26)18-10-8-17(9-11-18)16-27-22-23-19-6-2-3-7-20(19)28-22/h2-3,6-11H,4-5,12-16H2,1H3. The van der Waals surface area contributed by atoms with E-state index in [4.69, 9.17) is 0 Å². The summed E-state index contributed by atoms with van der Waals surface area (Å²) < 4.78 is 2.31. The molecule has 1 amide bonds. The van der Waals surface area contributed by atoms with Crippen LogP contribution in [0.2, 0.25) is 0 Å². The van der Waals surface area contributed by atoms with E-state index in [2.05, 4.69) is 34.1 Å². The number of thioether (sulfide) groups is 1. The van der Waals surface area contributed by atoms with Gasteiger partial charge in [0, 0.05) is 31.5 Å². The minimum Gasteiger partial charge on any atom is -0.340 e. The maximum absolute atomic E-state index is 12.6. The minimum absolute atomic E-state index is 0.101. The van der Waals surface area contributed by atoms with Crippen LogP contribution in [0.15, 0.2) is 52.9 Å². The molecule has 0 radical (unpaired) electrons. The summed E-state index contributed by atoms with van der Waals surface area (Å²) in [6.07, 6.45) is 2.57. The summed E-state index contributed by atoms with van der Waals surface area (Å²) in [4.78, 5) is 21.6. The molecule has 2 aromatic carbocycles. The number of likely N-dealkylation sites (tertiary alicyclic amines) is 1. The fourth-order valence-electron chi connectivity index (χ4n) is 3.42. The highest BCUT2D eigenvalue weighted by molar-refractivity contribution is 8.00. The van der Waals surface area contributed by atoms with E-state index in [1.165, 1.54) is 36.2 Å². The van der Waals surface area contributed by atoms with Crippen molar-refractivity contribution in [2.75, 3.05) is 33.2 Å². The van der Waals surface area contributed by atoms with Gasteiger partial charge in [-0.1, -0.05) is 36.0 Å². The number of thiazole rings is 1. The first-order valence-electron chi connectivity index (χ1n) is 9.74. The van der Waals surface area contributed by atoms with Crippen LogP contribution in [0.3, 0.4) is 0 Å². The third-order valence-electron chi connectivity index (χ3n) is 5.13. The molecule has 4 nitrogen and oxygen atoms in total. The van der Waals surface area contributed by atoms with E-state index in [1.54, 1.807) is 23.1 Å². The number of likely N-dealkylation sites (N-methyl/N-ethyl adjacent to an activating group) is 1. The molecule has 4 rings (SSSR count). The van der Waals surface area contributed by atoms with Crippen molar-refractivity contribution in [2.45, 2.75) is 22.9 Å². The van der Waals surface area contributed by atoms with Crippen LogP contribution in [0.5, 0.6) is 0 Å². The predicted octanol–water partition coefficient (Wildman–Crippen LogP) is 4.76. The van der Waals surface area contributed by atoms with E-state index < -0.39 is 0 Å². The van der Waals surface area contributed by atoms with Crippen molar-refractivity contribution < 1.29 is 4.79 Å². The molecule has 0 N–H and O–H groups in total. The van der Waals surface area contributed by atoms with Gasteiger partial charge < -0.3 is 9.80 Å². The maximum atomic E-state index is 12.6. The van der Waals surface area contributed by atoms with Gasteiger partial charge in [0.15, 0.2) is 4.34 Å². The Bertz CT molecular complexity index is 899. The average molecular weight is 412 g/mol. The first-order valence-corrected chi connectivity index (χ1v) is 11.5. The van der Waals surface area contributed by atoms with E-state index in [1.807, 2.05) is 36.2 Å². The molecule has 0 spiro atoms. The highest BCUT2D eigenvalue weighted by Crippen LogP contribution is 2.31. The van der Waals surface area contributed by atoms with E-state index in [0.717, 1.165) is 34.3 Å². The van der Waals surface area contributed by atoms with Crippen LogP contribution in [0.4, 0.5) is 0 Å². The predicted molar refractivity (Wildman–Crippen MR) is 118 cm³/mol. The number of fused-ring (bicyclic) bond motifs is 1. The van der Waals surface area contributed by atoms with E-state index >= 15 is 0 Å². The molecular formula is C22H25N3OS2. The molecule has 0 aliphatic carbocycles. The van der Waals surface area contributed by atoms with Gasteiger partial charge in [-0.05, 0) is 55.8 Å². The van der Waals surface area contributed by atoms with Crippen molar-refractivity contribution >= 4 is 39.2 Å². The lowest BCUT2D eigenvalue weighted by atomic mass is 10.1. The summed E-state index contributed by atoms with van der Waals surface area (Å²) in [5.41, 5.74) is 3.03. The summed E-state index contributed by atoms with van der Waals surface area (Å²) in [6.45, 7) is 4.10. The van der Waals surface area contributed by atoms with Crippen molar-refractivity contribution in [3.05, 3.63) is 59.7 Å². The van der Waals surface area contributed by atoms with Crippen molar-refractivity contribution in [1.29, 1.82) is 0 Å². The lowest BCUT2D eigenvalue weighted by Crippen LogP contribution is -2.35. The van der Waals surface area contributed by atoms with E-state index in [-0.39, 0.29) is 5.91 Å². The Morgan fingerprint density at radius 3 is 2.64 bits per heavy atom. The number of hydrogen-bond donors (Lipinski definition) is 0. The van der Waals surface area contributed by atoms with Crippen molar-refractivity contribution in [3.63, 3.8) is 0 Å². The summed E-state index contributed by atoms with van der Waals surface area (Å²) in [5, 5.41) is 0. The normalized spacial score (nSPS) is 14.6. The van der Waals surface area contributed by atoms with Crippen LogP contribution in [-0.4, -0.2) is 53.9 Å². The number of amides is 1. The van der Waals surface area contributed by atoms with Crippen molar-refractivity contribution in [3.8, 4) is 0 Å². The molecule has 6 heteroatoms.